The molecular formula is C27H23N5O4. The summed E-state index contributed by atoms with van der Waals surface area (Å²) in [6.07, 6.45) is 5.49. The normalized spacial score (nSPS) is 15.4. The number of nitrogens with one attached hydrogen (secondary N) is 1. The van der Waals surface area contributed by atoms with Crippen LogP contribution in [0.4, 0.5) is 0 Å². The van der Waals surface area contributed by atoms with Crippen molar-refractivity contribution in [3.8, 4) is 23.1 Å². The minimum atomic E-state index is -0.270. The van der Waals surface area contributed by atoms with Gasteiger partial charge in [-0.05, 0) is 48.2 Å². The smallest absolute Gasteiger partial charge is 0.332 e. The number of benzene rings is 2. The first-order chi connectivity index (χ1) is 17.6. The lowest BCUT2D eigenvalue weighted by Gasteiger charge is -2.14. The monoisotopic (exact) mass is 481 g/mol. The summed E-state index contributed by atoms with van der Waals surface area (Å²) in [6.45, 7) is 1.19. The van der Waals surface area contributed by atoms with Crippen LogP contribution in [0.1, 0.15) is 29.5 Å². The Bertz CT molecular complexity index is 1640. The van der Waals surface area contributed by atoms with Crippen LogP contribution in [-0.2, 0) is 23.5 Å². The molecule has 1 N–H and O–H groups in total. The lowest BCUT2D eigenvalue weighted by Crippen LogP contribution is -2.16. The second-order valence-electron chi connectivity index (χ2n) is 9.21. The lowest BCUT2D eigenvalue weighted by molar-refractivity contribution is 0.0433. The second-order valence-corrected chi connectivity index (χ2v) is 9.21. The van der Waals surface area contributed by atoms with Crippen LogP contribution in [-0.4, -0.2) is 31.4 Å². The molecule has 0 bridgehead atoms. The molecule has 0 saturated heterocycles. The second kappa shape index (κ2) is 7.82. The number of pyridine rings is 1. The van der Waals surface area contributed by atoms with E-state index in [-0.39, 0.29) is 11.3 Å². The quantitative estimate of drug-likeness (QED) is 0.389. The largest absolute Gasteiger partial charge is 0.497 e. The zero-order valence-electron chi connectivity index (χ0n) is 19.6. The summed E-state index contributed by atoms with van der Waals surface area (Å²) in [5, 5.41) is 4.64. The summed E-state index contributed by atoms with van der Waals surface area (Å²) < 4.78 is 20.7. The predicted octanol–water partition coefficient (Wildman–Crippen LogP) is 4.28. The fraction of sp³-hybridized carbons (Fsp3) is 0.222. The van der Waals surface area contributed by atoms with Crippen molar-refractivity contribution in [2.45, 2.75) is 31.6 Å². The Hall–Kier alpha value is -4.37. The van der Waals surface area contributed by atoms with Crippen LogP contribution in [0.3, 0.4) is 0 Å². The molecular weight excluding hydrogens is 458 g/mol. The average molecular weight is 482 g/mol. The van der Waals surface area contributed by atoms with Crippen LogP contribution < -0.4 is 15.2 Å². The number of imidazole rings is 1. The molecule has 0 atom stereocenters. The fourth-order valence-corrected chi connectivity index (χ4v) is 4.94. The van der Waals surface area contributed by atoms with Crippen molar-refractivity contribution in [3.05, 3.63) is 94.2 Å². The van der Waals surface area contributed by atoms with Crippen LogP contribution >= 0.6 is 0 Å². The number of rotatable bonds is 6. The van der Waals surface area contributed by atoms with Gasteiger partial charge in [-0.3, -0.25) is 4.68 Å². The standard InChI is InChI=1S/C27H23N5O4/c1-34-20-8-5-17(6-9-20)14-31-15-21-25(30-31)32(26(33)29-21)19-7-10-23(28-13-19)36-22-4-2-3-18-16-35-27(11-12-27)24(18)22/h2-10,13,15H,11-12,14,16H2,1H3,(H,29,33). The van der Waals surface area contributed by atoms with E-state index in [1.165, 1.54) is 10.1 Å². The van der Waals surface area contributed by atoms with E-state index in [2.05, 4.69) is 21.1 Å². The number of H-pyrrole nitrogens is 1. The highest BCUT2D eigenvalue weighted by molar-refractivity contribution is 5.72. The maximum absolute atomic E-state index is 12.7. The van der Waals surface area contributed by atoms with Gasteiger partial charge in [0.05, 0.1) is 43.9 Å². The first-order valence-corrected chi connectivity index (χ1v) is 11.8. The molecule has 1 fully saturated rings. The molecule has 36 heavy (non-hydrogen) atoms. The third kappa shape index (κ3) is 3.39. The molecule has 9 nitrogen and oxygen atoms in total. The Morgan fingerprint density at radius 1 is 1.11 bits per heavy atom. The SMILES string of the molecule is COc1ccc(Cn2cc3[nH]c(=O)n(-c4ccc(Oc5cccc6c5C5(CC5)OC6)nc4)c3n2)cc1. The topological polar surface area (TPSA) is 96.2 Å². The van der Waals surface area contributed by atoms with Gasteiger partial charge in [-0.15, -0.1) is 0 Å². The van der Waals surface area contributed by atoms with E-state index in [0.29, 0.717) is 35.9 Å². The molecule has 1 saturated carbocycles. The van der Waals surface area contributed by atoms with Crippen molar-refractivity contribution in [2.75, 3.05) is 7.11 Å². The first-order valence-electron chi connectivity index (χ1n) is 11.8. The molecule has 1 aliphatic carbocycles. The van der Waals surface area contributed by atoms with E-state index in [0.717, 1.165) is 35.5 Å². The van der Waals surface area contributed by atoms with E-state index in [9.17, 15) is 4.79 Å². The fourth-order valence-electron chi connectivity index (χ4n) is 4.94. The lowest BCUT2D eigenvalue weighted by atomic mass is 10.0. The number of methoxy groups -OCH3 is 1. The third-order valence-corrected chi connectivity index (χ3v) is 6.87. The molecule has 1 spiro atoms. The van der Waals surface area contributed by atoms with Crippen molar-refractivity contribution in [2.24, 2.45) is 0 Å². The summed E-state index contributed by atoms with van der Waals surface area (Å²) in [4.78, 5) is 20.1. The number of nitrogens with zero attached hydrogens (tertiary/aromatic N) is 4. The van der Waals surface area contributed by atoms with Crippen LogP contribution in [0, 0.1) is 0 Å². The summed E-state index contributed by atoms with van der Waals surface area (Å²) in [7, 11) is 1.64. The summed E-state index contributed by atoms with van der Waals surface area (Å²) >= 11 is 0. The van der Waals surface area contributed by atoms with Gasteiger partial charge in [0.1, 0.15) is 17.0 Å². The molecule has 0 unspecified atom stereocenters. The minimum Gasteiger partial charge on any atom is -0.497 e. The van der Waals surface area contributed by atoms with E-state index in [1.54, 1.807) is 24.1 Å². The van der Waals surface area contributed by atoms with Crippen LogP contribution in [0.25, 0.3) is 16.9 Å². The number of ether oxygens (including phenoxy) is 3. The molecule has 1 aliphatic heterocycles. The number of hydrogen-bond acceptors (Lipinski definition) is 6. The maximum atomic E-state index is 12.7. The summed E-state index contributed by atoms with van der Waals surface area (Å²) in [5.74, 6) is 2.04. The predicted molar refractivity (Wildman–Crippen MR) is 132 cm³/mol. The van der Waals surface area contributed by atoms with Gasteiger partial charge in [-0.2, -0.15) is 5.10 Å². The van der Waals surface area contributed by atoms with Gasteiger partial charge in [0, 0.05) is 11.6 Å². The van der Waals surface area contributed by atoms with Gasteiger partial charge in [0.2, 0.25) is 5.88 Å². The molecule has 5 aromatic rings. The van der Waals surface area contributed by atoms with Gasteiger partial charge in [0.25, 0.3) is 0 Å². The van der Waals surface area contributed by atoms with Crippen molar-refractivity contribution in [3.63, 3.8) is 0 Å². The van der Waals surface area contributed by atoms with Gasteiger partial charge >= 0.3 is 5.69 Å². The third-order valence-electron chi connectivity index (χ3n) is 6.87. The maximum Gasteiger partial charge on any atom is 0.332 e. The number of fused-ring (bicyclic) bond motifs is 3. The minimum absolute atomic E-state index is 0.180. The Balaban J connectivity index is 1.16. The summed E-state index contributed by atoms with van der Waals surface area (Å²) in [6, 6.07) is 17.4. The van der Waals surface area contributed by atoms with Crippen LogP contribution in [0.5, 0.6) is 17.4 Å². The molecule has 2 aromatic carbocycles. The highest BCUT2D eigenvalue weighted by atomic mass is 16.5. The highest BCUT2D eigenvalue weighted by Gasteiger charge is 2.52. The van der Waals surface area contributed by atoms with Gasteiger partial charge in [-0.25, -0.2) is 14.3 Å². The number of aromatic nitrogens is 5. The Labute approximate surface area is 205 Å². The molecule has 0 radical (unpaired) electrons. The van der Waals surface area contributed by atoms with Crippen molar-refractivity contribution < 1.29 is 14.2 Å². The van der Waals surface area contributed by atoms with E-state index in [1.807, 2.05) is 48.7 Å². The molecule has 0 amide bonds. The molecule has 2 aliphatic rings. The van der Waals surface area contributed by atoms with Crippen molar-refractivity contribution >= 4 is 11.2 Å². The summed E-state index contributed by atoms with van der Waals surface area (Å²) in [5.41, 5.74) is 4.74. The first kappa shape index (κ1) is 21.0. The Kier molecular flexibility index (Phi) is 4.55. The molecule has 3 aromatic heterocycles. The van der Waals surface area contributed by atoms with E-state index < -0.39 is 0 Å². The van der Waals surface area contributed by atoms with Crippen molar-refractivity contribution in [1.29, 1.82) is 0 Å². The molecule has 7 rings (SSSR count). The number of aromatic amines is 1. The van der Waals surface area contributed by atoms with Crippen molar-refractivity contribution in [1.82, 2.24) is 24.3 Å². The van der Waals surface area contributed by atoms with Crippen LogP contribution in [0.15, 0.2) is 71.8 Å². The Morgan fingerprint density at radius 3 is 2.72 bits per heavy atom. The van der Waals surface area contributed by atoms with Gasteiger partial charge < -0.3 is 19.2 Å². The molecule has 9 heteroatoms. The van der Waals surface area contributed by atoms with E-state index >= 15 is 0 Å². The van der Waals surface area contributed by atoms with Gasteiger partial charge in [-0.1, -0.05) is 24.3 Å². The highest BCUT2D eigenvalue weighted by Crippen LogP contribution is 2.57. The van der Waals surface area contributed by atoms with Gasteiger partial charge in [0.15, 0.2) is 5.65 Å². The Morgan fingerprint density at radius 2 is 1.97 bits per heavy atom. The molecule has 4 heterocycles. The zero-order chi connectivity index (χ0) is 24.3. The molecule has 180 valence electrons. The zero-order valence-corrected chi connectivity index (χ0v) is 19.6. The average Bonchev–Trinajstić information content (AvgIpc) is 3.30. The number of hydrogen-bond donors (Lipinski definition) is 1. The van der Waals surface area contributed by atoms with E-state index in [4.69, 9.17) is 14.2 Å². The van der Waals surface area contributed by atoms with Crippen LogP contribution in [0.2, 0.25) is 0 Å².